The standard InChI is InChI=1S/C12H22N4O2S2/c1-13-7-9-8-14-15-12(9)20(17,18)16-10-4-3-5-11(6-10)19-2/h8,10-11,13,16H,3-7H2,1-2H3,(H,14,15). The Balaban J connectivity index is 2.08. The van der Waals surface area contributed by atoms with Gasteiger partial charge in [-0.05, 0) is 32.6 Å². The number of nitrogens with one attached hydrogen (secondary N) is 3. The Morgan fingerprint density at radius 3 is 3.00 bits per heavy atom. The molecule has 0 bridgehead atoms. The molecule has 1 aromatic heterocycles. The highest BCUT2D eigenvalue weighted by Gasteiger charge is 2.28. The number of thioether (sulfide) groups is 1. The maximum atomic E-state index is 12.4. The summed E-state index contributed by atoms with van der Waals surface area (Å²) in [6, 6.07) is 0.0249. The van der Waals surface area contributed by atoms with Crippen LogP contribution >= 0.6 is 11.8 Å². The van der Waals surface area contributed by atoms with Gasteiger partial charge >= 0.3 is 0 Å². The Bertz CT molecular complexity index is 529. The molecule has 1 aromatic rings. The van der Waals surface area contributed by atoms with Gasteiger partial charge in [0.15, 0.2) is 5.03 Å². The molecular weight excluding hydrogens is 296 g/mol. The van der Waals surface area contributed by atoms with E-state index in [-0.39, 0.29) is 11.1 Å². The molecule has 1 fully saturated rings. The minimum absolute atomic E-state index is 0.0249. The molecule has 2 unspecified atom stereocenters. The van der Waals surface area contributed by atoms with Crippen molar-refractivity contribution >= 4 is 21.8 Å². The van der Waals surface area contributed by atoms with Gasteiger partial charge in [0.25, 0.3) is 10.0 Å². The molecule has 8 heteroatoms. The summed E-state index contributed by atoms with van der Waals surface area (Å²) >= 11 is 1.82. The van der Waals surface area contributed by atoms with E-state index >= 15 is 0 Å². The SMILES string of the molecule is CNCc1cn[nH]c1S(=O)(=O)NC1CCCC(SC)C1. The van der Waals surface area contributed by atoms with E-state index in [9.17, 15) is 8.42 Å². The van der Waals surface area contributed by atoms with Gasteiger partial charge in [0.1, 0.15) is 0 Å². The Morgan fingerprint density at radius 1 is 1.50 bits per heavy atom. The third kappa shape index (κ3) is 3.75. The molecule has 3 N–H and O–H groups in total. The number of nitrogens with zero attached hydrogens (tertiary/aromatic N) is 1. The van der Waals surface area contributed by atoms with Crippen LogP contribution in [-0.4, -0.2) is 43.2 Å². The Hall–Kier alpha value is -0.570. The summed E-state index contributed by atoms with van der Waals surface area (Å²) < 4.78 is 27.7. The third-order valence-electron chi connectivity index (χ3n) is 3.60. The van der Waals surface area contributed by atoms with Crippen molar-refractivity contribution in [2.24, 2.45) is 0 Å². The fourth-order valence-electron chi connectivity index (χ4n) is 2.59. The minimum atomic E-state index is -3.52. The smallest absolute Gasteiger partial charge is 0.258 e. The highest BCUT2D eigenvalue weighted by molar-refractivity contribution is 7.99. The van der Waals surface area contributed by atoms with Crippen molar-refractivity contribution in [3.05, 3.63) is 11.8 Å². The molecule has 2 atom stereocenters. The Morgan fingerprint density at radius 2 is 2.30 bits per heavy atom. The molecular formula is C12H22N4O2S2. The summed E-state index contributed by atoms with van der Waals surface area (Å²) in [4.78, 5) is 0. The maximum Gasteiger partial charge on any atom is 0.258 e. The highest BCUT2D eigenvalue weighted by Crippen LogP contribution is 2.27. The molecule has 114 valence electrons. The zero-order chi connectivity index (χ0) is 14.6. The van der Waals surface area contributed by atoms with Gasteiger partial charge in [-0.1, -0.05) is 6.42 Å². The summed E-state index contributed by atoms with van der Waals surface area (Å²) in [6.07, 6.45) is 7.69. The largest absolute Gasteiger partial charge is 0.316 e. The van der Waals surface area contributed by atoms with E-state index in [0.29, 0.717) is 17.4 Å². The zero-order valence-corrected chi connectivity index (χ0v) is 13.5. The average molecular weight is 318 g/mol. The second-order valence-corrected chi connectivity index (χ2v) is 7.89. The quantitative estimate of drug-likeness (QED) is 0.731. The summed E-state index contributed by atoms with van der Waals surface area (Å²) in [5, 5.41) is 10.1. The predicted octanol–water partition coefficient (Wildman–Crippen LogP) is 1.08. The molecule has 0 aromatic carbocycles. The van der Waals surface area contributed by atoms with Gasteiger partial charge in [0, 0.05) is 23.4 Å². The van der Waals surface area contributed by atoms with Crippen LogP contribution in [0.1, 0.15) is 31.2 Å². The van der Waals surface area contributed by atoms with Gasteiger partial charge in [-0.25, -0.2) is 13.1 Å². The molecule has 1 aliphatic rings. The highest BCUT2D eigenvalue weighted by atomic mass is 32.2. The number of hydrogen-bond donors (Lipinski definition) is 3. The van der Waals surface area contributed by atoms with Crippen molar-refractivity contribution in [2.45, 2.75) is 48.5 Å². The van der Waals surface area contributed by atoms with E-state index in [1.54, 1.807) is 13.2 Å². The molecule has 0 radical (unpaired) electrons. The van der Waals surface area contributed by atoms with Crippen LogP contribution < -0.4 is 10.0 Å². The number of sulfonamides is 1. The number of aromatic amines is 1. The number of H-pyrrole nitrogens is 1. The van der Waals surface area contributed by atoms with E-state index in [4.69, 9.17) is 0 Å². The van der Waals surface area contributed by atoms with E-state index in [0.717, 1.165) is 19.3 Å². The lowest BCUT2D eigenvalue weighted by molar-refractivity contribution is 0.420. The lowest BCUT2D eigenvalue weighted by Gasteiger charge is -2.28. The van der Waals surface area contributed by atoms with E-state index in [2.05, 4.69) is 26.5 Å². The minimum Gasteiger partial charge on any atom is -0.316 e. The molecule has 0 aliphatic heterocycles. The third-order valence-corrected chi connectivity index (χ3v) is 6.22. The van der Waals surface area contributed by atoms with Crippen molar-refractivity contribution < 1.29 is 8.42 Å². The van der Waals surface area contributed by atoms with Gasteiger partial charge < -0.3 is 5.32 Å². The van der Waals surface area contributed by atoms with Crippen LogP contribution in [0.2, 0.25) is 0 Å². The fraction of sp³-hybridized carbons (Fsp3) is 0.750. The molecule has 0 saturated heterocycles. The Labute approximate surface area is 124 Å². The van der Waals surface area contributed by atoms with Gasteiger partial charge in [0.2, 0.25) is 0 Å². The van der Waals surface area contributed by atoms with Gasteiger partial charge in [-0.3, -0.25) is 5.10 Å². The number of hydrogen-bond acceptors (Lipinski definition) is 5. The molecule has 1 saturated carbocycles. The molecule has 20 heavy (non-hydrogen) atoms. The lowest BCUT2D eigenvalue weighted by atomic mass is 9.96. The molecule has 6 nitrogen and oxygen atoms in total. The Kier molecular flexibility index (Phi) is 5.48. The van der Waals surface area contributed by atoms with Crippen LogP contribution in [0.25, 0.3) is 0 Å². The number of rotatable bonds is 6. The zero-order valence-electron chi connectivity index (χ0n) is 11.8. The second kappa shape index (κ2) is 6.93. The fourth-order valence-corrected chi connectivity index (χ4v) is 4.83. The van der Waals surface area contributed by atoms with Crippen LogP contribution in [0.4, 0.5) is 0 Å². The van der Waals surface area contributed by atoms with E-state index < -0.39 is 10.0 Å². The summed E-state index contributed by atoms with van der Waals surface area (Å²) in [5.74, 6) is 0. The van der Waals surface area contributed by atoms with Crippen molar-refractivity contribution in [2.75, 3.05) is 13.3 Å². The van der Waals surface area contributed by atoms with Gasteiger partial charge in [-0.15, -0.1) is 0 Å². The topological polar surface area (TPSA) is 86.9 Å². The van der Waals surface area contributed by atoms with Crippen LogP contribution in [-0.2, 0) is 16.6 Å². The summed E-state index contributed by atoms with van der Waals surface area (Å²) in [6.45, 7) is 0.477. The first-order chi connectivity index (χ1) is 9.56. The maximum absolute atomic E-state index is 12.4. The van der Waals surface area contributed by atoms with Crippen molar-refractivity contribution in [3.63, 3.8) is 0 Å². The van der Waals surface area contributed by atoms with Crippen LogP contribution in [0.15, 0.2) is 11.2 Å². The van der Waals surface area contributed by atoms with Crippen LogP contribution in [0.3, 0.4) is 0 Å². The second-order valence-electron chi connectivity index (χ2n) is 5.10. The average Bonchev–Trinajstić information content (AvgIpc) is 2.88. The van der Waals surface area contributed by atoms with Crippen LogP contribution in [0.5, 0.6) is 0 Å². The van der Waals surface area contributed by atoms with Crippen molar-refractivity contribution in [1.82, 2.24) is 20.2 Å². The molecule has 2 rings (SSSR count). The summed E-state index contributed by atoms with van der Waals surface area (Å²) in [5.41, 5.74) is 0.664. The van der Waals surface area contributed by atoms with Gasteiger partial charge in [0.05, 0.1) is 6.20 Å². The summed E-state index contributed by atoms with van der Waals surface area (Å²) in [7, 11) is -1.74. The molecule has 0 spiro atoms. The molecule has 1 heterocycles. The van der Waals surface area contributed by atoms with Crippen molar-refractivity contribution in [3.8, 4) is 0 Å². The first kappa shape index (κ1) is 15.8. The number of aromatic nitrogens is 2. The molecule has 1 aliphatic carbocycles. The monoisotopic (exact) mass is 318 g/mol. The normalized spacial score (nSPS) is 23.9. The van der Waals surface area contributed by atoms with Gasteiger partial charge in [-0.2, -0.15) is 16.9 Å². The molecule has 0 amide bonds. The predicted molar refractivity (Wildman–Crippen MR) is 81.2 cm³/mol. The lowest BCUT2D eigenvalue weighted by Crippen LogP contribution is -2.39. The van der Waals surface area contributed by atoms with Crippen molar-refractivity contribution in [1.29, 1.82) is 0 Å². The van der Waals surface area contributed by atoms with E-state index in [1.165, 1.54) is 6.42 Å². The first-order valence-electron chi connectivity index (χ1n) is 6.78. The van der Waals surface area contributed by atoms with Crippen LogP contribution in [0, 0.1) is 0 Å². The first-order valence-corrected chi connectivity index (χ1v) is 9.56. The van der Waals surface area contributed by atoms with E-state index in [1.807, 2.05) is 11.8 Å².